The number of halogens is 1. The minimum Gasteiger partial charge on any atom is -0.464 e. The fourth-order valence-corrected chi connectivity index (χ4v) is 4.24. The maximum Gasteiger partial charge on any atom is 0.322 e. The molecule has 0 saturated carbocycles. The minimum absolute atomic E-state index is 0.129. The van der Waals surface area contributed by atoms with E-state index in [0.29, 0.717) is 37.6 Å². The zero-order valence-electron chi connectivity index (χ0n) is 20.5. The third-order valence-corrected chi connectivity index (χ3v) is 6.15. The van der Waals surface area contributed by atoms with Crippen LogP contribution in [0.15, 0.2) is 71.1 Å². The summed E-state index contributed by atoms with van der Waals surface area (Å²) in [7, 11) is 0. The average molecular weight is 494 g/mol. The van der Waals surface area contributed by atoms with Crippen molar-refractivity contribution in [1.82, 2.24) is 9.80 Å². The molecule has 4 rings (SSSR count). The maximum atomic E-state index is 13.6. The summed E-state index contributed by atoms with van der Waals surface area (Å²) in [6.45, 7) is 3.42. The highest BCUT2D eigenvalue weighted by Gasteiger charge is 2.27. The number of furan rings is 1. The summed E-state index contributed by atoms with van der Waals surface area (Å²) in [6.07, 6.45) is 2.27. The first-order valence-corrected chi connectivity index (χ1v) is 12.3. The molecule has 1 fully saturated rings. The van der Waals surface area contributed by atoms with Crippen molar-refractivity contribution in [3.8, 4) is 0 Å². The van der Waals surface area contributed by atoms with Crippen LogP contribution >= 0.6 is 0 Å². The molecule has 7 nitrogen and oxygen atoms in total. The molecular weight excluding hydrogens is 461 g/mol. The largest absolute Gasteiger partial charge is 0.464 e. The van der Waals surface area contributed by atoms with Crippen LogP contribution in [0.1, 0.15) is 29.9 Å². The smallest absolute Gasteiger partial charge is 0.322 e. The lowest BCUT2D eigenvalue weighted by Gasteiger charge is -2.29. The van der Waals surface area contributed by atoms with Crippen LogP contribution in [0.2, 0.25) is 0 Å². The van der Waals surface area contributed by atoms with E-state index in [9.17, 15) is 14.0 Å². The van der Waals surface area contributed by atoms with Gasteiger partial charge in [-0.15, -0.1) is 0 Å². The van der Waals surface area contributed by atoms with Gasteiger partial charge in [-0.25, -0.2) is 9.18 Å². The molecule has 0 radical (unpaired) electrons. The summed E-state index contributed by atoms with van der Waals surface area (Å²) < 4.78 is 25.1. The van der Waals surface area contributed by atoms with Crippen molar-refractivity contribution >= 4 is 17.6 Å². The van der Waals surface area contributed by atoms with Gasteiger partial charge in [0.25, 0.3) is 0 Å². The molecule has 1 aliphatic heterocycles. The van der Waals surface area contributed by atoms with Crippen LogP contribution in [-0.2, 0) is 22.5 Å². The number of aryl methyl sites for hydroxylation is 1. The summed E-state index contributed by atoms with van der Waals surface area (Å²) in [5.41, 5.74) is 1.45. The Balaban J connectivity index is 1.48. The molecule has 36 heavy (non-hydrogen) atoms. The van der Waals surface area contributed by atoms with E-state index in [2.05, 4.69) is 5.32 Å². The van der Waals surface area contributed by atoms with Crippen LogP contribution in [0, 0.1) is 12.7 Å². The van der Waals surface area contributed by atoms with Gasteiger partial charge in [0, 0.05) is 25.4 Å². The molecule has 1 aromatic heterocycles. The van der Waals surface area contributed by atoms with Gasteiger partial charge in [-0.3, -0.25) is 4.79 Å². The summed E-state index contributed by atoms with van der Waals surface area (Å²) in [5.74, 6) is 0.807. The van der Waals surface area contributed by atoms with Crippen LogP contribution in [0.5, 0.6) is 0 Å². The topological polar surface area (TPSA) is 75.0 Å². The van der Waals surface area contributed by atoms with E-state index in [1.54, 1.807) is 11.0 Å². The van der Waals surface area contributed by atoms with Gasteiger partial charge in [-0.05, 0) is 62.1 Å². The number of urea groups is 1. The SMILES string of the molecule is Cc1ccc(CN(CCc2ccccc2)C(=O)CN(C[C@@H]2CCCO2)C(=O)Nc2cccc(F)c2)o1. The fraction of sp³-hybridized carbons (Fsp3) is 0.357. The zero-order chi connectivity index (χ0) is 25.3. The summed E-state index contributed by atoms with van der Waals surface area (Å²) >= 11 is 0. The molecule has 0 unspecified atom stereocenters. The van der Waals surface area contributed by atoms with Crippen LogP contribution in [0.3, 0.4) is 0 Å². The molecule has 1 aliphatic rings. The lowest BCUT2D eigenvalue weighted by atomic mass is 10.1. The summed E-state index contributed by atoms with van der Waals surface area (Å²) in [5, 5.41) is 2.71. The minimum atomic E-state index is -0.471. The van der Waals surface area contributed by atoms with E-state index in [0.717, 1.165) is 24.2 Å². The average Bonchev–Trinajstić information content (AvgIpc) is 3.53. The molecule has 0 aliphatic carbocycles. The Labute approximate surface area is 210 Å². The van der Waals surface area contributed by atoms with Gasteiger partial charge in [0.1, 0.15) is 23.9 Å². The fourth-order valence-electron chi connectivity index (χ4n) is 4.24. The standard InChI is InChI=1S/C28H32FN3O4/c1-21-12-13-26(36-21)19-31(15-14-22-7-3-2-4-8-22)27(33)20-32(18-25-11-6-16-35-25)28(34)30-24-10-5-9-23(29)17-24/h2-5,7-10,12-13,17,25H,6,11,14-16,18-20H2,1H3,(H,30,34)/t25-/m0/s1. The highest BCUT2D eigenvalue weighted by molar-refractivity contribution is 5.92. The van der Waals surface area contributed by atoms with Crippen molar-refractivity contribution in [3.63, 3.8) is 0 Å². The Kier molecular flexibility index (Phi) is 8.73. The van der Waals surface area contributed by atoms with Crippen molar-refractivity contribution < 1.29 is 23.1 Å². The van der Waals surface area contributed by atoms with Crippen molar-refractivity contribution in [2.45, 2.75) is 38.8 Å². The third kappa shape index (κ3) is 7.42. The lowest BCUT2D eigenvalue weighted by Crippen LogP contribution is -2.47. The number of rotatable bonds is 10. The molecule has 8 heteroatoms. The first kappa shape index (κ1) is 25.4. The molecular formula is C28H32FN3O4. The molecule has 1 atom stereocenters. The van der Waals surface area contributed by atoms with Gasteiger partial charge in [0.2, 0.25) is 5.91 Å². The molecule has 3 aromatic rings. The highest BCUT2D eigenvalue weighted by Crippen LogP contribution is 2.17. The Morgan fingerprint density at radius 2 is 1.89 bits per heavy atom. The number of amides is 3. The Hall–Kier alpha value is -3.65. The van der Waals surface area contributed by atoms with E-state index in [1.165, 1.54) is 23.1 Å². The second-order valence-electron chi connectivity index (χ2n) is 9.02. The molecule has 1 N–H and O–H groups in total. The quantitative estimate of drug-likeness (QED) is 0.431. The highest BCUT2D eigenvalue weighted by atomic mass is 19.1. The van der Waals surface area contributed by atoms with Gasteiger partial charge in [-0.2, -0.15) is 0 Å². The first-order chi connectivity index (χ1) is 17.5. The Morgan fingerprint density at radius 3 is 2.58 bits per heavy atom. The Bertz CT molecular complexity index is 1140. The molecule has 0 bridgehead atoms. The normalized spacial score (nSPS) is 15.0. The predicted molar refractivity (Wildman–Crippen MR) is 135 cm³/mol. The monoisotopic (exact) mass is 493 g/mol. The van der Waals surface area contributed by atoms with E-state index < -0.39 is 11.8 Å². The number of ether oxygens (including phenoxy) is 1. The van der Waals surface area contributed by atoms with Crippen LogP contribution in [0.25, 0.3) is 0 Å². The van der Waals surface area contributed by atoms with Crippen molar-refractivity contribution in [3.05, 3.63) is 89.6 Å². The maximum absolute atomic E-state index is 13.6. The van der Waals surface area contributed by atoms with E-state index >= 15 is 0 Å². The molecule has 2 aromatic carbocycles. The Morgan fingerprint density at radius 1 is 1.06 bits per heavy atom. The van der Waals surface area contributed by atoms with Crippen molar-refractivity contribution in [1.29, 1.82) is 0 Å². The number of benzene rings is 2. The van der Waals surface area contributed by atoms with Gasteiger partial charge in [0.15, 0.2) is 0 Å². The number of nitrogens with one attached hydrogen (secondary N) is 1. The van der Waals surface area contributed by atoms with E-state index in [1.807, 2.05) is 49.4 Å². The van der Waals surface area contributed by atoms with Gasteiger partial charge < -0.3 is 24.3 Å². The predicted octanol–water partition coefficient (Wildman–Crippen LogP) is 5.01. The molecule has 3 amide bonds. The van der Waals surface area contributed by atoms with Crippen molar-refractivity contribution in [2.24, 2.45) is 0 Å². The van der Waals surface area contributed by atoms with Crippen molar-refractivity contribution in [2.75, 3.05) is 31.6 Å². The van der Waals surface area contributed by atoms with Gasteiger partial charge >= 0.3 is 6.03 Å². The number of anilines is 1. The molecule has 2 heterocycles. The van der Waals surface area contributed by atoms with E-state index in [4.69, 9.17) is 9.15 Å². The van der Waals surface area contributed by atoms with E-state index in [-0.39, 0.29) is 25.1 Å². The van der Waals surface area contributed by atoms with Crippen LogP contribution in [-0.4, -0.2) is 54.1 Å². The van der Waals surface area contributed by atoms with Gasteiger partial charge in [-0.1, -0.05) is 36.4 Å². The molecule has 190 valence electrons. The second-order valence-corrected chi connectivity index (χ2v) is 9.02. The number of carbonyl (C=O) groups excluding carboxylic acids is 2. The summed E-state index contributed by atoms with van der Waals surface area (Å²) in [6, 6.07) is 18.9. The number of nitrogens with zero attached hydrogens (tertiary/aromatic N) is 2. The lowest BCUT2D eigenvalue weighted by molar-refractivity contribution is -0.132. The van der Waals surface area contributed by atoms with Gasteiger partial charge in [0.05, 0.1) is 12.6 Å². The molecule has 1 saturated heterocycles. The zero-order valence-corrected chi connectivity index (χ0v) is 20.5. The number of hydrogen-bond acceptors (Lipinski definition) is 4. The summed E-state index contributed by atoms with van der Waals surface area (Å²) in [4.78, 5) is 29.9. The second kappa shape index (κ2) is 12.4. The van der Waals surface area contributed by atoms with Crippen LogP contribution < -0.4 is 5.32 Å². The number of carbonyl (C=O) groups is 2. The molecule has 0 spiro atoms. The number of hydrogen-bond donors (Lipinski definition) is 1. The third-order valence-electron chi connectivity index (χ3n) is 6.15. The first-order valence-electron chi connectivity index (χ1n) is 12.3. The van der Waals surface area contributed by atoms with Crippen LogP contribution in [0.4, 0.5) is 14.9 Å².